The second kappa shape index (κ2) is 11.2. The van der Waals surface area contributed by atoms with E-state index in [4.69, 9.17) is 4.74 Å². The summed E-state index contributed by atoms with van der Waals surface area (Å²) in [4.78, 5) is 35.3. The van der Waals surface area contributed by atoms with Crippen molar-refractivity contribution in [3.63, 3.8) is 0 Å². The Morgan fingerprint density at radius 2 is 1.76 bits per heavy atom. The van der Waals surface area contributed by atoms with Crippen LogP contribution in [0, 0.1) is 6.92 Å². The van der Waals surface area contributed by atoms with Gasteiger partial charge in [-0.3, -0.25) is 14.4 Å². The number of carbonyl (C=O) groups is 3. The first-order chi connectivity index (χ1) is 14.0. The number of hydrazone groups is 1. The van der Waals surface area contributed by atoms with E-state index in [0.29, 0.717) is 17.9 Å². The molecule has 0 unspecified atom stereocenters. The third kappa shape index (κ3) is 7.10. The quantitative estimate of drug-likeness (QED) is 0.360. The van der Waals surface area contributed by atoms with Gasteiger partial charge in [-0.05, 0) is 37.1 Å². The van der Waals surface area contributed by atoms with Gasteiger partial charge in [-0.2, -0.15) is 5.10 Å². The van der Waals surface area contributed by atoms with Crippen molar-refractivity contribution in [3.8, 4) is 5.75 Å². The van der Waals surface area contributed by atoms with Crippen LogP contribution < -0.4 is 20.8 Å². The van der Waals surface area contributed by atoms with Gasteiger partial charge in [0, 0.05) is 17.8 Å². The van der Waals surface area contributed by atoms with Gasteiger partial charge in [-0.15, -0.1) is 0 Å². The van der Waals surface area contributed by atoms with Crippen molar-refractivity contribution >= 4 is 29.6 Å². The molecule has 0 saturated carbocycles. The van der Waals surface area contributed by atoms with Crippen molar-refractivity contribution in [1.82, 2.24) is 10.7 Å². The van der Waals surface area contributed by atoms with Crippen LogP contribution in [0.15, 0.2) is 53.6 Å². The highest BCUT2D eigenvalue weighted by Crippen LogP contribution is 2.16. The maximum absolute atomic E-state index is 12.1. The van der Waals surface area contributed by atoms with Gasteiger partial charge in [-0.1, -0.05) is 37.3 Å². The van der Waals surface area contributed by atoms with Gasteiger partial charge < -0.3 is 15.4 Å². The zero-order chi connectivity index (χ0) is 21.1. The first-order valence-corrected chi connectivity index (χ1v) is 9.19. The summed E-state index contributed by atoms with van der Waals surface area (Å²) >= 11 is 0. The van der Waals surface area contributed by atoms with Gasteiger partial charge in [-0.25, -0.2) is 5.43 Å². The molecule has 0 bridgehead atoms. The fourth-order valence-electron chi connectivity index (χ4n) is 2.29. The Bertz CT molecular complexity index is 896. The number of benzene rings is 2. The van der Waals surface area contributed by atoms with Gasteiger partial charge in [0.2, 0.25) is 0 Å². The zero-order valence-electron chi connectivity index (χ0n) is 16.4. The van der Waals surface area contributed by atoms with Crippen LogP contribution in [0.25, 0.3) is 0 Å². The molecule has 0 aliphatic carbocycles. The fourth-order valence-corrected chi connectivity index (χ4v) is 2.29. The monoisotopic (exact) mass is 396 g/mol. The highest BCUT2D eigenvalue weighted by Gasteiger charge is 2.11. The van der Waals surface area contributed by atoms with Gasteiger partial charge in [0.15, 0.2) is 6.61 Å². The second-order valence-corrected chi connectivity index (χ2v) is 6.14. The number of para-hydroxylation sites is 2. The zero-order valence-corrected chi connectivity index (χ0v) is 16.4. The molecule has 3 amide bonds. The molecule has 3 N–H and O–H groups in total. The summed E-state index contributed by atoms with van der Waals surface area (Å²) < 4.78 is 5.57. The average molecular weight is 396 g/mol. The maximum atomic E-state index is 12.1. The lowest BCUT2D eigenvalue weighted by Crippen LogP contribution is -2.38. The van der Waals surface area contributed by atoms with Crippen molar-refractivity contribution in [2.24, 2.45) is 5.10 Å². The highest BCUT2D eigenvalue weighted by molar-refractivity contribution is 6.35. The molecule has 8 nitrogen and oxygen atoms in total. The minimum absolute atomic E-state index is 0.190. The van der Waals surface area contributed by atoms with Crippen molar-refractivity contribution in [2.75, 3.05) is 18.5 Å². The van der Waals surface area contributed by atoms with E-state index in [1.54, 1.807) is 24.3 Å². The van der Waals surface area contributed by atoms with Crippen LogP contribution in [0.2, 0.25) is 0 Å². The van der Waals surface area contributed by atoms with Crippen LogP contribution in [0.5, 0.6) is 5.75 Å². The Balaban J connectivity index is 1.91. The first-order valence-electron chi connectivity index (χ1n) is 9.19. The summed E-state index contributed by atoms with van der Waals surface area (Å²) in [7, 11) is 0. The average Bonchev–Trinajstić information content (AvgIpc) is 2.72. The molecule has 0 aliphatic rings. The van der Waals surface area contributed by atoms with Crippen LogP contribution in [0.1, 0.15) is 24.5 Å². The van der Waals surface area contributed by atoms with Crippen LogP contribution >= 0.6 is 0 Å². The van der Waals surface area contributed by atoms with Gasteiger partial charge in [0.1, 0.15) is 5.75 Å². The number of carbonyl (C=O) groups excluding carboxylic acids is 3. The number of rotatable bonds is 8. The third-order valence-corrected chi connectivity index (χ3v) is 3.81. The minimum Gasteiger partial charge on any atom is -0.483 e. The SMILES string of the molecule is CCCNC(=O)C(=O)N/N=C\c1ccccc1OCC(=O)Nc1ccccc1C. The number of nitrogens with zero attached hydrogens (tertiary/aromatic N) is 1. The van der Waals surface area contributed by atoms with E-state index in [2.05, 4.69) is 21.2 Å². The molecule has 2 aromatic carbocycles. The number of hydrogen-bond acceptors (Lipinski definition) is 5. The molecule has 0 spiro atoms. The molecule has 2 aromatic rings. The van der Waals surface area contributed by atoms with Crippen molar-refractivity contribution in [2.45, 2.75) is 20.3 Å². The van der Waals surface area contributed by atoms with E-state index in [0.717, 1.165) is 17.7 Å². The van der Waals surface area contributed by atoms with Crippen LogP contribution in [0.4, 0.5) is 5.69 Å². The molecular weight excluding hydrogens is 372 g/mol. The molecular formula is C21H24N4O4. The van der Waals surface area contributed by atoms with E-state index in [1.807, 2.05) is 38.1 Å². The van der Waals surface area contributed by atoms with E-state index >= 15 is 0 Å². The predicted octanol–water partition coefficient (Wildman–Crippen LogP) is 1.99. The largest absolute Gasteiger partial charge is 0.483 e. The van der Waals surface area contributed by atoms with Crippen molar-refractivity contribution in [3.05, 3.63) is 59.7 Å². The lowest BCUT2D eigenvalue weighted by atomic mass is 10.2. The lowest BCUT2D eigenvalue weighted by molar-refractivity contribution is -0.139. The van der Waals surface area contributed by atoms with Crippen LogP contribution in [-0.4, -0.2) is 37.1 Å². The Morgan fingerprint density at radius 1 is 1.03 bits per heavy atom. The number of nitrogens with one attached hydrogen (secondary N) is 3. The Kier molecular flexibility index (Phi) is 8.37. The van der Waals surface area contributed by atoms with Gasteiger partial charge >= 0.3 is 11.8 Å². The number of aryl methyl sites for hydroxylation is 1. The van der Waals surface area contributed by atoms with Crippen LogP contribution in [0.3, 0.4) is 0 Å². The van der Waals surface area contributed by atoms with E-state index in [9.17, 15) is 14.4 Å². The summed E-state index contributed by atoms with van der Waals surface area (Å²) in [5, 5.41) is 9.01. The van der Waals surface area contributed by atoms with Gasteiger partial charge in [0.05, 0.1) is 6.21 Å². The molecule has 2 rings (SSSR count). The molecule has 0 heterocycles. The maximum Gasteiger partial charge on any atom is 0.329 e. The molecule has 0 radical (unpaired) electrons. The molecule has 0 aromatic heterocycles. The van der Waals surface area contributed by atoms with Crippen molar-refractivity contribution in [1.29, 1.82) is 0 Å². The van der Waals surface area contributed by atoms with E-state index < -0.39 is 11.8 Å². The second-order valence-electron chi connectivity index (χ2n) is 6.14. The minimum atomic E-state index is -0.856. The Hall–Kier alpha value is -3.68. The molecule has 29 heavy (non-hydrogen) atoms. The summed E-state index contributed by atoms with van der Waals surface area (Å²) in [5.41, 5.74) is 4.37. The predicted molar refractivity (Wildman–Crippen MR) is 111 cm³/mol. The van der Waals surface area contributed by atoms with Crippen LogP contribution in [-0.2, 0) is 14.4 Å². The van der Waals surface area contributed by atoms with E-state index in [-0.39, 0.29) is 12.5 Å². The number of hydrogen-bond donors (Lipinski definition) is 3. The van der Waals surface area contributed by atoms with Gasteiger partial charge in [0.25, 0.3) is 5.91 Å². The smallest absolute Gasteiger partial charge is 0.329 e. The third-order valence-electron chi connectivity index (χ3n) is 3.81. The fraction of sp³-hybridized carbons (Fsp3) is 0.238. The molecule has 152 valence electrons. The Morgan fingerprint density at radius 3 is 2.52 bits per heavy atom. The topological polar surface area (TPSA) is 109 Å². The molecule has 0 atom stereocenters. The molecule has 8 heteroatoms. The number of amides is 3. The Labute approximate surface area is 169 Å². The van der Waals surface area contributed by atoms with E-state index in [1.165, 1.54) is 6.21 Å². The summed E-state index contributed by atoms with van der Waals surface area (Å²) in [6, 6.07) is 14.3. The first kappa shape index (κ1) is 21.6. The lowest BCUT2D eigenvalue weighted by Gasteiger charge is -2.10. The normalized spacial score (nSPS) is 10.4. The molecule has 0 saturated heterocycles. The summed E-state index contributed by atoms with van der Waals surface area (Å²) in [6.07, 6.45) is 2.07. The standard InChI is InChI=1S/C21H24N4O4/c1-3-12-22-20(27)21(28)25-23-13-16-9-5-7-11-18(16)29-14-19(26)24-17-10-6-4-8-15(17)2/h4-11,13H,3,12,14H2,1-2H3,(H,22,27)(H,24,26)(H,25,28)/b23-13-. The highest BCUT2D eigenvalue weighted by atomic mass is 16.5. The number of ether oxygens (including phenoxy) is 1. The molecule has 0 aliphatic heterocycles. The summed E-state index contributed by atoms with van der Waals surface area (Å²) in [5.74, 6) is -1.49. The number of anilines is 1. The molecule has 0 fully saturated rings. The summed E-state index contributed by atoms with van der Waals surface area (Å²) in [6.45, 7) is 4.01. The van der Waals surface area contributed by atoms with Crippen molar-refractivity contribution < 1.29 is 19.1 Å².